The molecule has 0 saturated carbocycles. The van der Waals surface area contributed by atoms with Crippen molar-refractivity contribution in [3.63, 3.8) is 0 Å². The largest absolute Gasteiger partial charge is 0.599 e. The van der Waals surface area contributed by atoms with E-state index in [4.69, 9.17) is 9.31 Å². The van der Waals surface area contributed by atoms with Crippen molar-refractivity contribution in [3.8, 4) is 0 Å². The normalized spacial score (nSPS) is 21.7. The molecule has 18 heavy (non-hydrogen) atoms. The van der Waals surface area contributed by atoms with E-state index in [0.717, 1.165) is 11.0 Å². The van der Waals surface area contributed by atoms with Crippen molar-refractivity contribution in [3.05, 3.63) is 30.6 Å². The average Bonchev–Trinajstić information content (AvgIpc) is 2.78. The Morgan fingerprint density at radius 2 is 1.78 bits per heavy atom. The van der Waals surface area contributed by atoms with E-state index in [9.17, 15) is 0 Å². The molecule has 1 aliphatic heterocycles. The Labute approximate surface area is 107 Å². The molecular formula is C13H17BN2O2. The Balaban J connectivity index is 2.03. The Bertz CT molecular complexity index is 575. The lowest BCUT2D eigenvalue weighted by atomic mass is 9.90. The molecule has 0 aliphatic carbocycles. The summed E-state index contributed by atoms with van der Waals surface area (Å²) in [5.74, 6) is 0. The van der Waals surface area contributed by atoms with Crippen molar-refractivity contribution < 1.29 is 9.31 Å². The summed E-state index contributed by atoms with van der Waals surface area (Å²) in [6.07, 6.45) is 3.74. The van der Waals surface area contributed by atoms with Crippen molar-refractivity contribution in [2.45, 2.75) is 38.9 Å². The second-order valence-corrected chi connectivity index (χ2v) is 5.70. The third kappa shape index (κ3) is 1.58. The first-order valence-corrected chi connectivity index (χ1v) is 6.18. The monoisotopic (exact) mass is 244 g/mol. The number of pyridine rings is 1. The quantitative estimate of drug-likeness (QED) is 0.723. The summed E-state index contributed by atoms with van der Waals surface area (Å²) in [5.41, 5.74) is 0.225. The Kier molecular flexibility index (Phi) is 2.34. The smallest absolute Gasteiger partial charge is 0.384 e. The van der Waals surface area contributed by atoms with Crippen molar-refractivity contribution in [2.24, 2.45) is 0 Å². The van der Waals surface area contributed by atoms with Crippen LogP contribution in [0.4, 0.5) is 0 Å². The van der Waals surface area contributed by atoms with E-state index >= 15 is 0 Å². The zero-order valence-corrected chi connectivity index (χ0v) is 11.2. The Morgan fingerprint density at radius 3 is 2.44 bits per heavy atom. The predicted molar refractivity (Wildman–Crippen MR) is 71.2 cm³/mol. The van der Waals surface area contributed by atoms with E-state index in [2.05, 4.69) is 4.98 Å². The summed E-state index contributed by atoms with van der Waals surface area (Å²) in [7, 11) is -0.414. The molecule has 0 unspecified atom stereocenters. The first-order valence-electron chi connectivity index (χ1n) is 6.18. The second-order valence-electron chi connectivity index (χ2n) is 5.70. The zero-order chi connectivity index (χ0) is 13.0. The zero-order valence-electron chi connectivity index (χ0n) is 11.2. The molecule has 3 rings (SSSR count). The van der Waals surface area contributed by atoms with Crippen molar-refractivity contribution in [1.29, 1.82) is 0 Å². The molecule has 5 heteroatoms. The highest BCUT2D eigenvalue weighted by Gasteiger charge is 2.53. The van der Waals surface area contributed by atoms with Gasteiger partial charge in [-0.15, -0.1) is 0 Å². The van der Waals surface area contributed by atoms with Crippen LogP contribution in [-0.2, 0) is 9.31 Å². The van der Waals surface area contributed by atoms with Crippen LogP contribution in [0.1, 0.15) is 27.7 Å². The van der Waals surface area contributed by atoms with E-state index in [1.165, 1.54) is 0 Å². The van der Waals surface area contributed by atoms with Crippen molar-refractivity contribution >= 4 is 18.3 Å². The highest BCUT2D eigenvalue weighted by atomic mass is 16.7. The minimum atomic E-state index is -0.414. The first-order chi connectivity index (χ1) is 8.41. The molecule has 0 spiro atoms. The molecule has 0 atom stereocenters. The van der Waals surface area contributed by atoms with E-state index in [0.29, 0.717) is 0 Å². The van der Waals surface area contributed by atoms with E-state index in [-0.39, 0.29) is 11.2 Å². The van der Waals surface area contributed by atoms with Gasteiger partial charge in [0, 0.05) is 11.6 Å². The van der Waals surface area contributed by atoms with Gasteiger partial charge in [-0.05, 0) is 52.1 Å². The topological polar surface area (TPSA) is 36.3 Å². The Hall–Kier alpha value is -1.33. The van der Waals surface area contributed by atoms with Crippen LogP contribution in [-0.4, -0.2) is 27.9 Å². The Morgan fingerprint density at radius 1 is 1.11 bits per heavy atom. The van der Waals surface area contributed by atoms with Gasteiger partial charge in [0.1, 0.15) is 5.65 Å². The van der Waals surface area contributed by atoms with Gasteiger partial charge in [0.15, 0.2) is 0 Å². The molecule has 0 N–H and O–H groups in total. The maximum absolute atomic E-state index is 6.02. The summed E-state index contributed by atoms with van der Waals surface area (Å²) in [4.78, 5) is 4.38. The van der Waals surface area contributed by atoms with Gasteiger partial charge in [-0.3, -0.25) is 0 Å². The number of hydrogen-bond acceptors (Lipinski definition) is 3. The maximum atomic E-state index is 6.02. The molecule has 1 saturated heterocycles. The third-order valence-electron chi connectivity index (χ3n) is 3.94. The standard InChI is InChI=1S/C13H17BN2O2/c1-12(2)13(3,4)18-14(17-12)16-9-7-10-6-5-8-15-11(10)16/h5-9H,1-4H3. The molecule has 2 aromatic rings. The van der Waals surface area contributed by atoms with Gasteiger partial charge in [0.2, 0.25) is 0 Å². The minimum absolute atomic E-state index is 0.330. The van der Waals surface area contributed by atoms with Crippen LogP contribution in [0, 0.1) is 0 Å². The molecule has 0 aromatic carbocycles. The number of fused-ring (bicyclic) bond motifs is 1. The lowest BCUT2D eigenvalue weighted by Crippen LogP contribution is -2.41. The molecule has 4 nitrogen and oxygen atoms in total. The van der Waals surface area contributed by atoms with Crippen molar-refractivity contribution in [2.75, 3.05) is 0 Å². The highest BCUT2D eigenvalue weighted by Crippen LogP contribution is 2.37. The predicted octanol–water partition coefficient (Wildman–Crippen LogP) is 2.47. The summed E-state index contributed by atoms with van der Waals surface area (Å²) in [6.45, 7) is 8.19. The molecule has 1 aliphatic rings. The number of hydrogen-bond donors (Lipinski definition) is 0. The SMILES string of the molecule is CC1(C)OB(n2ccc3cccnc32)OC1(C)C. The van der Waals surface area contributed by atoms with Gasteiger partial charge in [-0.1, -0.05) is 0 Å². The van der Waals surface area contributed by atoms with Crippen LogP contribution < -0.4 is 0 Å². The van der Waals surface area contributed by atoms with Gasteiger partial charge in [-0.2, -0.15) is 0 Å². The van der Waals surface area contributed by atoms with Gasteiger partial charge < -0.3 is 13.8 Å². The molecule has 3 heterocycles. The first kappa shape index (κ1) is 11.7. The summed E-state index contributed by atoms with van der Waals surface area (Å²) < 4.78 is 14.0. The van der Waals surface area contributed by atoms with Crippen LogP contribution in [0.2, 0.25) is 0 Å². The van der Waals surface area contributed by atoms with Gasteiger partial charge in [0.25, 0.3) is 0 Å². The number of rotatable bonds is 1. The van der Waals surface area contributed by atoms with Crippen LogP contribution in [0.25, 0.3) is 11.0 Å². The van der Waals surface area contributed by atoms with Gasteiger partial charge in [-0.25, -0.2) is 4.98 Å². The maximum Gasteiger partial charge on any atom is 0.599 e. The van der Waals surface area contributed by atoms with E-state index in [1.54, 1.807) is 6.20 Å². The molecule has 94 valence electrons. The average molecular weight is 244 g/mol. The lowest BCUT2D eigenvalue weighted by Gasteiger charge is -2.32. The van der Waals surface area contributed by atoms with Crippen LogP contribution in [0.5, 0.6) is 0 Å². The molecular weight excluding hydrogens is 227 g/mol. The number of nitrogens with zero attached hydrogens (tertiary/aromatic N) is 2. The van der Waals surface area contributed by atoms with Gasteiger partial charge >= 0.3 is 7.25 Å². The molecule has 0 amide bonds. The van der Waals surface area contributed by atoms with Crippen LogP contribution >= 0.6 is 0 Å². The lowest BCUT2D eigenvalue weighted by molar-refractivity contribution is 0.00578. The minimum Gasteiger partial charge on any atom is -0.384 e. The highest BCUT2D eigenvalue weighted by molar-refractivity contribution is 6.45. The fourth-order valence-electron chi connectivity index (χ4n) is 2.08. The summed E-state index contributed by atoms with van der Waals surface area (Å²) in [6, 6.07) is 5.98. The molecule has 1 fully saturated rings. The third-order valence-corrected chi connectivity index (χ3v) is 3.94. The van der Waals surface area contributed by atoms with Gasteiger partial charge in [0.05, 0.1) is 11.2 Å². The van der Waals surface area contributed by atoms with Crippen LogP contribution in [0.3, 0.4) is 0 Å². The fourth-order valence-corrected chi connectivity index (χ4v) is 2.08. The molecule has 2 aromatic heterocycles. The number of aromatic nitrogens is 2. The van der Waals surface area contributed by atoms with E-state index in [1.807, 2.05) is 56.6 Å². The molecule has 0 bridgehead atoms. The van der Waals surface area contributed by atoms with E-state index < -0.39 is 7.25 Å². The molecule has 0 radical (unpaired) electrons. The second kappa shape index (κ2) is 3.59. The van der Waals surface area contributed by atoms with Crippen molar-refractivity contribution in [1.82, 2.24) is 9.46 Å². The fraction of sp³-hybridized carbons (Fsp3) is 0.462. The summed E-state index contributed by atoms with van der Waals surface area (Å²) >= 11 is 0. The van der Waals surface area contributed by atoms with Crippen LogP contribution in [0.15, 0.2) is 30.6 Å². The summed E-state index contributed by atoms with van der Waals surface area (Å²) in [5, 5.41) is 1.09.